The zero-order valence-electron chi connectivity index (χ0n) is 15.9. The fourth-order valence-corrected chi connectivity index (χ4v) is 4.89. The molecule has 1 aromatic carbocycles. The van der Waals surface area contributed by atoms with Gasteiger partial charge < -0.3 is 4.74 Å². The standard InChI is InChI=1S/C20H18FN5OS2/c1-4-9-26-16(10-27-15-8-6-5-7-14(15)21)24-25-20(26)29-19-17-12(2)13(3)28-18(17)22-11-23-19/h4-8,11H,1,9-10H2,2-3H3. The first-order valence-corrected chi connectivity index (χ1v) is 10.5. The second kappa shape index (κ2) is 8.30. The number of hydrogen-bond donors (Lipinski definition) is 0. The zero-order valence-corrected chi connectivity index (χ0v) is 17.6. The predicted octanol–water partition coefficient (Wildman–Crippen LogP) is 4.95. The number of aromatic nitrogens is 5. The largest absolute Gasteiger partial charge is 0.483 e. The molecule has 0 aliphatic carbocycles. The van der Waals surface area contributed by atoms with Crippen LogP contribution < -0.4 is 4.74 Å². The highest BCUT2D eigenvalue weighted by Gasteiger charge is 2.18. The molecule has 4 rings (SSSR count). The Balaban J connectivity index is 1.63. The molecule has 0 amide bonds. The summed E-state index contributed by atoms with van der Waals surface area (Å²) >= 11 is 3.08. The van der Waals surface area contributed by atoms with Gasteiger partial charge in [-0.25, -0.2) is 14.4 Å². The van der Waals surface area contributed by atoms with Crippen LogP contribution in [0.3, 0.4) is 0 Å². The lowest BCUT2D eigenvalue weighted by Crippen LogP contribution is -2.08. The van der Waals surface area contributed by atoms with Gasteiger partial charge in [0.25, 0.3) is 0 Å². The second-order valence-corrected chi connectivity index (χ2v) is 8.42. The van der Waals surface area contributed by atoms with E-state index >= 15 is 0 Å². The number of halogens is 1. The Hall–Kier alpha value is -2.78. The van der Waals surface area contributed by atoms with Gasteiger partial charge in [-0.15, -0.1) is 28.1 Å². The number of fused-ring (bicyclic) bond motifs is 1. The summed E-state index contributed by atoms with van der Waals surface area (Å²) in [5.74, 6) is 0.347. The Kier molecular flexibility index (Phi) is 5.59. The molecule has 0 fully saturated rings. The van der Waals surface area contributed by atoms with Crippen LogP contribution in [0.25, 0.3) is 10.2 Å². The maximum absolute atomic E-state index is 13.8. The molecule has 6 nitrogen and oxygen atoms in total. The average molecular weight is 428 g/mol. The van der Waals surface area contributed by atoms with Crippen LogP contribution in [-0.4, -0.2) is 24.7 Å². The molecule has 0 unspecified atom stereocenters. The van der Waals surface area contributed by atoms with Gasteiger partial charge in [0.15, 0.2) is 22.5 Å². The van der Waals surface area contributed by atoms with Crippen LogP contribution in [-0.2, 0) is 13.2 Å². The Morgan fingerprint density at radius 2 is 2.07 bits per heavy atom. The summed E-state index contributed by atoms with van der Waals surface area (Å²) in [5, 5.41) is 11.1. The van der Waals surface area contributed by atoms with Gasteiger partial charge in [0.2, 0.25) is 0 Å². The molecule has 9 heteroatoms. The fraction of sp³-hybridized carbons (Fsp3) is 0.200. The van der Waals surface area contributed by atoms with E-state index in [9.17, 15) is 4.39 Å². The Morgan fingerprint density at radius 1 is 1.24 bits per heavy atom. The molecule has 3 heterocycles. The van der Waals surface area contributed by atoms with Crippen molar-refractivity contribution in [3.05, 3.63) is 65.3 Å². The molecule has 0 saturated carbocycles. The Bertz CT molecular complexity index is 1190. The van der Waals surface area contributed by atoms with Crippen molar-refractivity contribution in [3.8, 4) is 5.75 Å². The molecule has 0 aliphatic rings. The van der Waals surface area contributed by atoms with Crippen LogP contribution in [0.1, 0.15) is 16.3 Å². The highest BCUT2D eigenvalue weighted by molar-refractivity contribution is 7.99. The summed E-state index contributed by atoms with van der Waals surface area (Å²) in [7, 11) is 0. The van der Waals surface area contributed by atoms with Crippen molar-refractivity contribution in [1.29, 1.82) is 0 Å². The van der Waals surface area contributed by atoms with E-state index in [0.717, 1.165) is 15.2 Å². The molecule has 3 aromatic heterocycles. The highest BCUT2D eigenvalue weighted by Crippen LogP contribution is 2.37. The maximum atomic E-state index is 13.8. The lowest BCUT2D eigenvalue weighted by Gasteiger charge is -2.09. The van der Waals surface area contributed by atoms with Crippen LogP contribution in [0.4, 0.5) is 4.39 Å². The van der Waals surface area contributed by atoms with E-state index in [1.54, 1.807) is 41.9 Å². The normalized spacial score (nSPS) is 11.1. The second-order valence-electron chi connectivity index (χ2n) is 6.26. The SMILES string of the molecule is C=CCn1c(COc2ccccc2F)nnc1Sc1ncnc2sc(C)c(C)c12. The van der Waals surface area contributed by atoms with Gasteiger partial charge in [0, 0.05) is 16.8 Å². The summed E-state index contributed by atoms with van der Waals surface area (Å²) in [4.78, 5) is 11.0. The number of allylic oxidation sites excluding steroid dienone is 1. The molecular weight excluding hydrogens is 409 g/mol. The third kappa shape index (κ3) is 3.88. The number of ether oxygens (including phenoxy) is 1. The van der Waals surface area contributed by atoms with E-state index in [4.69, 9.17) is 4.74 Å². The van der Waals surface area contributed by atoms with Gasteiger partial charge in [-0.1, -0.05) is 18.2 Å². The van der Waals surface area contributed by atoms with Crippen LogP contribution in [0.2, 0.25) is 0 Å². The number of aryl methyl sites for hydroxylation is 2. The van der Waals surface area contributed by atoms with Crippen molar-refractivity contribution in [2.45, 2.75) is 37.2 Å². The first-order chi connectivity index (χ1) is 14.1. The Morgan fingerprint density at radius 3 is 2.86 bits per heavy atom. The van der Waals surface area contributed by atoms with Gasteiger partial charge in [-0.3, -0.25) is 4.57 Å². The average Bonchev–Trinajstić information content (AvgIpc) is 3.22. The number of benzene rings is 1. The summed E-state index contributed by atoms with van der Waals surface area (Å²) in [5.41, 5.74) is 1.17. The van der Waals surface area contributed by atoms with Crippen molar-refractivity contribution < 1.29 is 9.13 Å². The van der Waals surface area contributed by atoms with Crippen molar-refractivity contribution in [2.75, 3.05) is 0 Å². The minimum Gasteiger partial charge on any atom is -0.483 e. The molecule has 0 saturated heterocycles. The fourth-order valence-electron chi connectivity index (χ4n) is 2.83. The van der Waals surface area contributed by atoms with Crippen molar-refractivity contribution in [1.82, 2.24) is 24.7 Å². The molecular formula is C20H18FN5OS2. The molecule has 0 bridgehead atoms. The third-order valence-electron chi connectivity index (χ3n) is 4.42. The monoisotopic (exact) mass is 427 g/mol. The van der Waals surface area contributed by atoms with Gasteiger partial charge in [-0.05, 0) is 43.3 Å². The van der Waals surface area contributed by atoms with E-state index in [0.29, 0.717) is 17.5 Å². The molecule has 0 aliphatic heterocycles. The van der Waals surface area contributed by atoms with Gasteiger partial charge in [0.05, 0.1) is 0 Å². The molecule has 0 N–H and O–H groups in total. The maximum Gasteiger partial charge on any atom is 0.197 e. The molecule has 0 atom stereocenters. The van der Waals surface area contributed by atoms with E-state index < -0.39 is 5.82 Å². The van der Waals surface area contributed by atoms with Crippen LogP contribution >= 0.6 is 23.1 Å². The van der Waals surface area contributed by atoms with Gasteiger partial charge in [0.1, 0.15) is 22.8 Å². The minimum absolute atomic E-state index is 0.0953. The zero-order chi connectivity index (χ0) is 20.4. The van der Waals surface area contributed by atoms with Crippen molar-refractivity contribution in [3.63, 3.8) is 0 Å². The van der Waals surface area contributed by atoms with Crippen LogP contribution in [0, 0.1) is 19.7 Å². The smallest absolute Gasteiger partial charge is 0.197 e. The summed E-state index contributed by atoms with van der Waals surface area (Å²) in [6.07, 6.45) is 3.33. The lowest BCUT2D eigenvalue weighted by molar-refractivity contribution is 0.275. The van der Waals surface area contributed by atoms with Crippen molar-refractivity contribution in [2.24, 2.45) is 0 Å². The lowest BCUT2D eigenvalue weighted by atomic mass is 10.2. The molecule has 0 spiro atoms. The first kappa shape index (κ1) is 19.5. The summed E-state index contributed by atoms with van der Waals surface area (Å²) in [6, 6.07) is 6.28. The van der Waals surface area contributed by atoms with Gasteiger partial charge in [-0.2, -0.15) is 0 Å². The third-order valence-corrected chi connectivity index (χ3v) is 6.52. The first-order valence-electron chi connectivity index (χ1n) is 8.87. The highest BCUT2D eigenvalue weighted by atomic mass is 32.2. The molecule has 0 radical (unpaired) electrons. The molecule has 148 valence electrons. The number of rotatable bonds is 7. The summed E-state index contributed by atoms with van der Waals surface area (Å²) in [6.45, 7) is 8.56. The number of nitrogens with zero attached hydrogens (tertiary/aromatic N) is 5. The quantitative estimate of drug-likeness (QED) is 0.307. The molecule has 29 heavy (non-hydrogen) atoms. The Labute approximate surface area is 175 Å². The van der Waals surface area contributed by atoms with Crippen LogP contribution in [0.15, 0.2) is 53.4 Å². The van der Waals surface area contributed by atoms with Crippen molar-refractivity contribution >= 4 is 33.3 Å². The number of thiophene rings is 1. The minimum atomic E-state index is -0.413. The van der Waals surface area contributed by atoms with E-state index in [1.165, 1.54) is 28.3 Å². The van der Waals surface area contributed by atoms with E-state index in [1.807, 2.05) is 4.57 Å². The topological polar surface area (TPSA) is 65.7 Å². The van der Waals surface area contributed by atoms with E-state index in [2.05, 4.69) is 40.6 Å². The van der Waals surface area contributed by atoms with Crippen LogP contribution in [0.5, 0.6) is 5.75 Å². The number of para-hydroxylation sites is 1. The van der Waals surface area contributed by atoms with E-state index in [-0.39, 0.29) is 12.4 Å². The van der Waals surface area contributed by atoms with Gasteiger partial charge >= 0.3 is 0 Å². The summed E-state index contributed by atoms with van der Waals surface area (Å²) < 4.78 is 21.3. The number of hydrogen-bond acceptors (Lipinski definition) is 7. The molecule has 4 aromatic rings. The predicted molar refractivity (Wildman–Crippen MR) is 112 cm³/mol.